The summed E-state index contributed by atoms with van der Waals surface area (Å²) in [6.07, 6.45) is 2.81. The van der Waals surface area contributed by atoms with Crippen molar-refractivity contribution < 1.29 is 14.3 Å². The van der Waals surface area contributed by atoms with E-state index in [-0.39, 0.29) is 5.91 Å². The van der Waals surface area contributed by atoms with Gasteiger partial charge in [0.05, 0.1) is 18.2 Å². The maximum atomic E-state index is 12.9. The van der Waals surface area contributed by atoms with E-state index in [1.54, 1.807) is 12.1 Å². The number of nitrogens with one attached hydrogen (secondary N) is 1. The number of benzene rings is 1. The Bertz CT molecular complexity index is 1090. The van der Waals surface area contributed by atoms with Gasteiger partial charge < -0.3 is 10.1 Å². The van der Waals surface area contributed by atoms with E-state index in [4.69, 9.17) is 4.74 Å². The molecule has 1 aromatic carbocycles. The summed E-state index contributed by atoms with van der Waals surface area (Å²) in [5.41, 5.74) is 3.73. The van der Waals surface area contributed by atoms with Crippen LogP contribution in [0.15, 0.2) is 30.3 Å². The molecule has 1 atom stereocenters. The number of aryl methyl sites for hydroxylation is 1. The molecule has 1 aliphatic carbocycles. The van der Waals surface area contributed by atoms with Gasteiger partial charge in [0, 0.05) is 21.5 Å². The van der Waals surface area contributed by atoms with E-state index < -0.39 is 5.97 Å². The van der Waals surface area contributed by atoms with Gasteiger partial charge in [-0.3, -0.25) is 9.78 Å². The molecule has 3 aromatic rings. The molecule has 1 unspecified atom stereocenters. The Labute approximate surface area is 167 Å². The minimum atomic E-state index is -0.391. The molecule has 0 spiro atoms. The zero-order valence-electron chi connectivity index (χ0n) is 16.2. The van der Waals surface area contributed by atoms with Gasteiger partial charge in [-0.05, 0) is 55.9 Å². The van der Waals surface area contributed by atoms with E-state index >= 15 is 0 Å². The number of carbonyl (C=O) groups excluding carboxylic acids is 2. The number of pyridine rings is 1. The van der Waals surface area contributed by atoms with Gasteiger partial charge in [0.25, 0.3) is 5.91 Å². The number of fused-ring (bicyclic) bond motifs is 2. The van der Waals surface area contributed by atoms with Gasteiger partial charge in [-0.25, -0.2) is 4.79 Å². The summed E-state index contributed by atoms with van der Waals surface area (Å²) in [4.78, 5) is 31.0. The highest BCUT2D eigenvalue weighted by Gasteiger charge is 2.29. The molecule has 0 saturated carbocycles. The Balaban J connectivity index is 1.68. The van der Waals surface area contributed by atoms with Crippen LogP contribution in [-0.2, 0) is 17.6 Å². The number of hydrogen-bond acceptors (Lipinski definition) is 5. The maximum Gasteiger partial charge on any atom is 0.341 e. The molecular formula is C22H22N2O3S. The van der Waals surface area contributed by atoms with Crippen molar-refractivity contribution in [3.05, 3.63) is 57.6 Å². The van der Waals surface area contributed by atoms with Crippen molar-refractivity contribution in [3.8, 4) is 0 Å². The lowest BCUT2D eigenvalue weighted by Crippen LogP contribution is -2.16. The lowest BCUT2D eigenvalue weighted by atomic mass is 9.88. The summed E-state index contributed by atoms with van der Waals surface area (Å²) >= 11 is 1.49. The lowest BCUT2D eigenvalue weighted by Gasteiger charge is -2.18. The normalized spacial score (nSPS) is 15.9. The first-order valence-corrected chi connectivity index (χ1v) is 10.2. The van der Waals surface area contributed by atoms with Gasteiger partial charge >= 0.3 is 5.97 Å². The number of anilines is 1. The first kappa shape index (κ1) is 18.6. The number of methoxy groups -OCH3 is 1. The van der Waals surface area contributed by atoms with Crippen molar-refractivity contribution in [2.75, 3.05) is 12.4 Å². The molecule has 4 rings (SSSR count). The Morgan fingerprint density at radius 1 is 1.25 bits per heavy atom. The minimum Gasteiger partial charge on any atom is -0.465 e. The fourth-order valence-corrected chi connectivity index (χ4v) is 5.09. The van der Waals surface area contributed by atoms with Crippen molar-refractivity contribution in [2.24, 2.45) is 5.92 Å². The average Bonchev–Trinajstić information content (AvgIpc) is 3.03. The zero-order chi connectivity index (χ0) is 19.8. The maximum absolute atomic E-state index is 12.9. The number of amides is 1. The number of carbonyl (C=O) groups is 2. The summed E-state index contributed by atoms with van der Waals surface area (Å²) in [7, 11) is 1.38. The van der Waals surface area contributed by atoms with Crippen LogP contribution in [-0.4, -0.2) is 24.0 Å². The summed E-state index contributed by atoms with van der Waals surface area (Å²) in [5.74, 6) is -0.0600. The van der Waals surface area contributed by atoms with Crippen LogP contribution in [0.3, 0.4) is 0 Å². The Hall–Kier alpha value is -2.73. The first-order valence-electron chi connectivity index (χ1n) is 9.38. The Morgan fingerprint density at radius 3 is 2.82 bits per heavy atom. The second-order valence-electron chi connectivity index (χ2n) is 7.36. The average molecular weight is 394 g/mol. The van der Waals surface area contributed by atoms with Crippen molar-refractivity contribution in [3.63, 3.8) is 0 Å². The quantitative estimate of drug-likeness (QED) is 0.650. The number of rotatable bonds is 3. The van der Waals surface area contributed by atoms with E-state index in [0.29, 0.717) is 22.0 Å². The third-order valence-electron chi connectivity index (χ3n) is 5.22. The van der Waals surface area contributed by atoms with E-state index in [2.05, 4.69) is 17.2 Å². The van der Waals surface area contributed by atoms with Crippen molar-refractivity contribution in [2.45, 2.75) is 33.1 Å². The van der Waals surface area contributed by atoms with Crippen LogP contribution in [0.2, 0.25) is 0 Å². The molecule has 2 aromatic heterocycles. The van der Waals surface area contributed by atoms with E-state index in [1.165, 1.54) is 23.3 Å². The van der Waals surface area contributed by atoms with Crippen LogP contribution in [0.1, 0.15) is 50.2 Å². The molecule has 144 valence electrons. The molecule has 2 heterocycles. The summed E-state index contributed by atoms with van der Waals surface area (Å²) < 4.78 is 4.99. The molecular weight excluding hydrogens is 372 g/mol. The largest absolute Gasteiger partial charge is 0.465 e. The molecule has 0 radical (unpaired) electrons. The monoisotopic (exact) mass is 394 g/mol. The number of hydrogen-bond donors (Lipinski definition) is 1. The van der Waals surface area contributed by atoms with Gasteiger partial charge in [0.1, 0.15) is 5.00 Å². The molecule has 1 N–H and O–H groups in total. The summed E-state index contributed by atoms with van der Waals surface area (Å²) in [6, 6.07) is 9.39. The minimum absolute atomic E-state index is 0.248. The van der Waals surface area contributed by atoms with E-state index in [1.807, 2.05) is 25.1 Å². The second-order valence-corrected chi connectivity index (χ2v) is 8.47. The van der Waals surface area contributed by atoms with Gasteiger partial charge in [-0.2, -0.15) is 0 Å². The van der Waals surface area contributed by atoms with Gasteiger partial charge in [0.2, 0.25) is 0 Å². The van der Waals surface area contributed by atoms with Crippen LogP contribution >= 0.6 is 11.3 Å². The van der Waals surface area contributed by atoms with Crippen LogP contribution in [0.4, 0.5) is 5.00 Å². The Morgan fingerprint density at radius 2 is 2.04 bits per heavy atom. The third kappa shape index (κ3) is 3.40. The van der Waals surface area contributed by atoms with Crippen molar-refractivity contribution in [1.29, 1.82) is 0 Å². The van der Waals surface area contributed by atoms with Crippen LogP contribution in [0.5, 0.6) is 0 Å². The SMILES string of the molecule is COC(=O)c1c(NC(=O)c2ccc3ccc(C)nc3c2)sc2c1CCC(C)C2. The Kier molecular flexibility index (Phi) is 4.89. The zero-order valence-corrected chi connectivity index (χ0v) is 17.0. The van der Waals surface area contributed by atoms with E-state index in [0.717, 1.165) is 41.4 Å². The highest BCUT2D eigenvalue weighted by atomic mass is 32.1. The number of aromatic nitrogens is 1. The predicted octanol–water partition coefficient (Wildman–Crippen LogP) is 4.77. The fourth-order valence-electron chi connectivity index (χ4n) is 3.69. The number of nitrogens with zero attached hydrogens (tertiary/aromatic N) is 1. The molecule has 6 heteroatoms. The lowest BCUT2D eigenvalue weighted by molar-refractivity contribution is 0.0601. The standard InChI is InChI=1S/C22H22N2O3S/c1-12-4-9-16-18(10-12)28-21(19(16)22(26)27-3)24-20(25)15-8-7-14-6-5-13(2)23-17(14)11-15/h5-8,11-12H,4,9-10H2,1-3H3,(H,24,25). The molecule has 28 heavy (non-hydrogen) atoms. The number of esters is 1. The number of thiophene rings is 1. The molecule has 0 bridgehead atoms. The second kappa shape index (κ2) is 7.36. The first-order chi connectivity index (χ1) is 13.5. The molecule has 0 saturated heterocycles. The van der Waals surface area contributed by atoms with E-state index in [9.17, 15) is 9.59 Å². The highest BCUT2D eigenvalue weighted by Crippen LogP contribution is 2.40. The van der Waals surface area contributed by atoms with Gasteiger partial charge in [-0.1, -0.05) is 19.1 Å². The van der Waals surface area contributed by atoms with Crippen molar-refractivity contribution in [1.82, 2.24) is 4.98 Å². The molecule has 0 fully saturated rings. The molecule has 1 aliphatic rings. The van der Waals surface area contributed by atoms with Crippen LogP contribution < -0.4 is 5.32 Å². The highest BCUT2D eigenvalue weighted by molar-refractivity contribution is 7.17. The topological polar surface area (TPSA) is 68.3 Å². The van der Waals surface area contributed by atoms with Crippen LogP contribution in [0.25, 0.3) is 10.9 Å². The third-order valence-corrected chi connectivity index (χ3v) is 6.39. The summed E-state index contributed by atoms with van der Waals surface area (Å²) in [5, 5.41) is 4.51. The van der Waals surface area contributed by atoms with Gasteiger partial charge in [0.15, 0.2) is 0 Å². The summed E-state index contributed by atoms with van der Waals surface area (Å²) in [6.45, 7) is 4.13. The molecule has 5 nitrogen and oxygen atoms in total. The van der Waals surface area contributed by atoms with Crippen LogP contribution in [0, 0.1) is 12.8 Å². The fraction of sp³-hybridized carbons (Fsp3) is 0.318. The van der Waals surface area contributed by atoms with Crippen molar-refractivity contribution >= 4 is 39.1 Å². The predicted molar refractivity (Wildman–Crippen MR) is 111 cm³/mol. The van der Waals surface area contributed by atoms with Gasteiger partial charge in [-0.15, -0.1) is 11.3 Å². The smallest absolute Gasteiger partial charge is 0.341 e. The molecule has 0 aliphatic heterocycles. The number of ether oxygens (including phenoxy) is 1. The molecule has 1 amide bonds.